The lowest BCUT2D eigenvalue weighted by Gasteiger charge is -2.11. The van der Waals surface area contributed by atoms with E-state index in [2.05, 4.69) is 4.98 Å². The molecule has 1 aliphatic rings. The molecule has 0 saturated heterocycles. The smallest absolute Gasteiger partial charge is 0.329 e. The van der Waals surface area contributed by atoms with E-state index in [9.17, 15) is 9.59 Å². The molecule has 0 unspecified atom stereocenters. The predicted molar refractivity (Wildman–Crippen MR) is 66.9 cm³/mol. The number of H-pyrrole nitrogens is 1. The van der Waals surface area contributed by atoms with Crippen LogP contribution >= 0.6 is 0 Å². The van der Waals surface area contributed by atoms with Crippen molar-refractivity contribution in [2.45, 2.75) is 45.1 Å². The quantitative estimate of drug-likeness (QED) is 0.822. The molecular weight excluding hydrogens is 218 g/mol. The van der Waals surface area contributed by atoms with Gasteiger partial charge in [-0.1, -0.05) is 25.7 Å². The van der Waals surface area contributed by atoms with Crippen LogP contribution < -0.4 is 17.0 Å². The standard InChI is InChI=1S/C12H19N3O2/c13-10-8-11(16)14-12(17)15(10)7-3-6-9-4-1-2-5-9/h8-9H,1-7,13H2,(H,14,16,17). The summed E-state index contributed by atoms with van der Waals surface area (Å²) < 4.78 is 1.44. The molecule has 0 atom stereocenters. The van der Waals surface area contributed by atoms with Gasteiger partial charge in [0.15, 0.2) is 0 Å². The van der Waals surface area contributed by atoms with Crippen LogP contribution in [0.3, 0.4) is 0 Å². The number of nitrogens with one attached hydrogen (secondary N) is 1. The molecule has 0 aliphatic heterocycles. The summed E-state index contributed by atoms with van der Waals surface area (Å²) >= 11 is 0. The molecule has 1 aromatic rings. The first-order valence-electron chi connectivity index (χ1n) is 6.26. The maximum Gasteiger partial charge on any atom is 0.329 e. The van der Waals surface area contributed by atoms with Crippen molar-refractivity contribution in [1.82, 2.24) is 9.55 Å². The van der Waals surface area contributed by atoms with Crippen molar-refractivity contribution in [3.8, 4) is 0 Å². The first-order chi connectivity index (χ1) is 8.16. The molecular formula is C12H19N3O2. The molecule has 1 heterocycles. The number of hydrogen-bond acceptors (Lipinski definition) is 3. The second kappa shape index (κ2) is 5.21. The highest BCUT2D eigenvalue weighted by molar-refractivity contribution is 5.25. The Morgan fingerprint density at radius 2 is 2.06 bits per heavy atom. The van der Waals surface area contributed by atoms with Crippen molar-refractivity contribution in [3.05, 3.63) is 26.9 Å². The number of rotatable bonds is 4. The van der Waals surface area contributed by atoms with Gasteiger partial charge < -0.3 is 5.73 Å². The maximum absolute atomic E-state index is 11.5. The van der Waals surface area contributed by atoms with E-state index in [1.165, 1.54) is 36.3 Å². The summed E-state index contributed by atoms with van der Waals surface area (Å²) in [7, 11) is 0. The number of hydrogen-bond donors (Lipinski definition) is 2. The number of anilines is 1. The number of aromatic amines is 1. The Hall–Kier alpha value is -1.52. The van der Waals surface area contributed by atoms with Crippen molar-refractivity contribution in [2.24, 2.45) is 5.92 Å². The minimum Gasteiger partial charge on any atom is -0.385 e. The normalized spacial score (nSPS) is 16.5. The van der Waals surface area contributed by atoms with Crippen molar-refractivity contribution in [2.75, 3.05) is 5.73 Å². The van der Waals surface area contributed by atoms with E-state index in [0.717, 1.165) is 18.8 Å². The molecule has 5 nitrogen and oxygen atoms in total. The summed E-state index contributed by atoms with van der Waals surface area (Å²) in [6, 6.07) is 1.26. The van der Waals surface area contributed by atoms with Crippen LogP contribution in [0.15, 0.2) is 15.7 Å². The summed E-state index contributed by atoms with van der Waals surface area (Å²) in [5.41, 5.74) is 4.83. The second-order valence-corrected chi connectivity index (χ2v) is 4.81. The van der Waals surface area contributed by atoms with E-state index < -0.39 is 11.2 Å². The Balaban J connectivity index is 1.94. The van der Waals surface area contributed by atoms with E-state index in [-0.39, 0.29) is 5.82 Å². The SMILES string of the molecule is Nc1cc(=O)[nH]c(=O)n1CCCC1CCCC1. The fraction of sp³-hybridized carbons (Fsp3) is 0.667. The third-order valence-electron chi connectivity index (χ3n) is 3.53. The van der Waals surface area contributed by atoms with Crippen molar-refractivity contribution >= 4 is 5.82 Å². The fourth-order valence-corrected chi connectivity index (χ4v) is 2.61. The van der Waals surface area contributed by atoms with E-state index in [1.807, 2.05) is 0 Å². The fourth-order valence-electron chi connectivity index (χ4n) is 2.61. The van der Waals surface area contributed by atoms with Gasteiger partial charge in [0.1, 0.15) is 5.82 Å². The van der Waals surface area contributed by atoms with Crippen molar-refractivity contribution < 1.29 is 0 Å². The molecule has 1 aliphatic carbocycles. The van der Waals surface area contributed by atoms with Gasteiger partial charge in [0.2, 0.25) is 0 Å². The van der Waals surface area contributed by atoms with Crippen LogP contribution in [0.5, 0.6) is 0 Å². The van der Waals surface area contributed by atoms with Crippen LogP contribution in [0.1, 0.15) is 38.5 Å². The zero-order chi connectivity index (χ0) is 12.3. The summed E-state index contributed by atoms with van der Waals surface area (Å²) in [5, 5.41) is 0. The van der Waals surface area contributed by atoms with Gasteiger partial charge in [-0.3, -0.25) is 14.3 Å². The van der Waals surface area contributed by atoms with Gasteiger partial charge in [-0.25, -0.2) is 4.79 Å². The zero-order valence-electron chi connectivity index (χ0n) is 9.95. The monoisotopic (exact) mass is 237 g/mol. The average Bonchev–Trinajstić information content (AvgIpc) is 2.74. The van der Waals surface area contributed by atoms with Gasteiger partial charge in [-0.05, 0) is 18.8 Å². The minimum atomic E-state index is -0.431. The topological polar surface area (TPSA) is 80.9 Å². The summed E-state index contributed by atoms with van der Waals surface area (Å²) in [6.45, 7) is 0.595. The molecule has 94 valence electrons. The van der Waals surface area contributed by atoms with E-state index >= 15 is 0 Å². The predicted octanol–water partition coefficient (Wildman–Crippen LogP) is 1.09. The molecule has 1 fully saturated rings. The Bertz CT molecular complexity index is 483. The zero-order valence-corrected chi connectivity index (χ0v) is 9.95. The van der Waals surface area contributed by atoms with Crippen LogP contribution in [0.25, 0.3) is 0 Å². The van der Waals surface area contributed by atoms with Crippen molar-refractivity contribution in [1.29, 1.82) is 0 Å². The Morgan fingerprint density at radius 3 is 2.71 bits per heavy atom. The highest BCUT2D eigenvalue weighted by atomic mass is 16.2. The number of nitrogens with zero attached hydrogens (tertiary/aromatic N) is 1. The van der Waals surface area contributed by atoms with E-state index in [0.29, 0.717) is 6.54 Å². The highest BCUT2D eigenvalue weighted by Gasteiger charge is 2.14. The molecule has 0 amide bonds. The lowest BCUT2D eigenvalue weighted by Crippen LogP contribution is -2.31. The molecule has 1 saturated carbocycles. The molecule has 0 radical (unpaired) electrons. The van der Waals surface area contributed by atoms with Gasteiger partial charge in [-0.15, -0.1) is 0 Å². The molecule has 0 bridgehead atoms. The third kappa shape index (κ3) is 2.99. The van der Waals surface area contributed by atoms with Crippen molar-refractivity contribution in [3.63, 3.8) is 0 Å². The Kier molecular flexibility index (Phi) is 3.66. The first-order valence-corrected chi connectivity index (χ1v) is 6.26. The summed E-state index contributed by atoms with van der Waals surface area (Å²) in [6.07, 6.45) is 7.40. The van der Waals surface area contributed by atoms with Crippen LogP contribution in [-0.4, -0.2) is 9.55 Å². The highest BCUT2D eigenvalue weighted by Crippen LogP contribution is 2.28. The molecule has 17 heavy (non-hydrogen) atoms. The second-order valence-electron chi connectivity index (χ2n) is 4.81. The van der Waals surface area contributed by atoms with E-state index in [1.54, 1.807) is 0 Å². The van der Waals surface area contributed by atoms with Gasteiger partial charge in [0.25, 0.3) is 5.56 Å². The largest absolute Gasteiger partial charge is 0.385 e. The molecule has 5 heteroatoms. The molecule has 1 aromatic heterocycles. The van der Waals surface area contributed by atoms with Gasteiger partial charge in [0, 0.05) is 12.6 Å². The van der Waals surface area contributed by atoms with E-state index in [4.69, 9.17) is 5.73 Å². The molecule has 0 spiro atoms. The Morgan fingerprint density at radius 1 is 1.35 bits per heavy atom. The van der Waals surface area contributed by atoms with Gasteiger partial charge in [-0.2, -0.15) is 0 Å². The van der Waals surface area contributed by atoms with Gasteiger partial charge >= 0.3 is 5.69 Å². The number of aromatic nitrogens is 2. The van der Waals surface area contributed by atoms with Crippen LogP contribution in [0, 0.1) is 5.92 Å². The lowest BCUT2D eigenvalue weighted by atomic mass is 10.0. The molecule has 3 N–H and O–H groups in total. The van der Waals surface area contributed by atoms with Crippen LogP contribution in [-0.2, 0) is 6.54 Å². The van der Waals surface area contributed by atoms with Crippen LogP contribution in [0.4, 0.5) is 5.82 Å². The number of nitrogen functional groups attached to an aromatic ring is 1. The Labute approximate surface area is 99.7 Å². The summed E-state index contributed by atoms with van der Waals surface area (Å²) in [4.78, 5) is 24.7. The van der Waals surface area contributed by atoms with Crippen LogP contribution in [0.2, 0.25) is 0 Å². The maximum atomic E-state index is 11.5. The lowest BCUT2D eigenvalue weighted by molar-refractivity contribution is 0.454. The van der Waals surface area contributed by atoms with Gasteiger partial charge in [0.05, 0.1) is 0 Å². The molecule has 2 rings (SSSR count). The molecule has 0 aromatic carbocycles. The number of nitrogens with two attached hydrogens (primary N) is 1. The summed E-state index contributed by atoms with van der Waals surface area (Å²) in [5.74, 6) is 1.07. The average molecular weight is 237 g/mol. The first kappa shape index (κ1) is 12.0. The third-order valence-corrected chi connectivity index (χ3v) is 3.53. The minimum absolute atomic E-state index is 0.255.